The van der Waals surface area contributed by atoms with Crippen LogP contribution < -0.4 is 0 Å². The van der Waals surface area contributed by atoms with Crippen LogP contribution in [0.25, 0.3) is 0 Å². The topological polar surface area (TPSA) is 63.7 Å². The number of carbonyl (C=O) groups excluding carboxylic acids is 1. The molecular formula is C12H23NO4S. The second-order valence-electron chi connectivity index (χ2n) is 5.66. The molecule has 1 aliphatic heterocycles. The Hall–Kier alpha value is -0.620. The highest BCUT2D eigenvalue weighted by molar-refractivity contribution is 7.90. The van der Waals surface area contributed by atoms with Crippen LogP contribution in [0.5, 0.6) is 0 Å². The van der Waals surface area contributed by atoms with Crippen LogP contribution in [0.1, 0.15) is 46.5 Å². The number of ether oxygens (including phenoxy) is 1. The quantitative estimate of drug-likeness (QED) is 0.734. The Bertz CT molecular complexity index is 397. The summed E-state index contributed by atoms with van der Waals surface area (Å²) in [6, 6.07) is -0.254. The van der Waals surface area contributed by atoms with E-state index in [-0.39, 0.29) is 18.4 Å². The van der Waals surface area contributed by atoms with Crippen molar-refractivity contribution in [3.05, 3.63) is 0 Å². The zero-order valence-corrected chi connectivity index (χ0v) is 12.4. The van der Waals surface area contributed by atoms with Crippen LogP contribution in [-0.2, 0) is 19.6 Å². The number of nitrogens with zero attached hydrogens (tertiary/aromatic N) is 1. The van der Waals surface area contributed by atoms with Gasteiger partial charge in [-0.1, -0.05) is 6.42 Å². The van der Waals surface area contributed by atoms with E-state index in [9.17, 15) is 13.2 Å². The van der Waals surface area contributed by atoms with Crippen molar-refractivity contribution in [2.75, 3.05) is 13.7 Å². The number of piperidine rings is 1. The summed E-state index contributed by atoms with van der Waals surface area (Å²) in [6.45, 7) is 5.56. The number of rotatable bonds is 3. The summed E-state index contributed by atoms with van der Waals surface area (Å²) in [5.41, 5.74) is 0. The standard InChI is InChI=1S/C12H23NO4S/c1-12(2,3)18(15,16)13-8-6-5-7-10(13)9-11(14)17-4/h10H,5-9H2,1-4H3. The van der Waals surface area contributed by atoms with Gasteiger partial charge in [0, 0.05) is 12.6 Å². The van der Waals surface area contributed by atoms with Crippen LogP contribution in [0.15, 0.2) is 0 Å². The lowest BCUT2D eigenvalue weighted by Gasteiger charge is -2.38. The molecule has 0 aromatic rings. The van der Waals surface area contributed by atoms with Crippen LogP contribution in [0, 0.1) is 0 Å². The van der Waals surface area contributed by atoms with Crippen molar-refractivity contribution >= 4 is 16.0 Å². The van der Waals surface area contributed by atoms with E-state index in [1.165, 1.54) is 11.4 Å². The van der Waals surface area contributed by atoms with E-state index in [0.717, 1.165) is 19.3 Å². The minimum atomic E-state index is -3.38. The number of hydrogen-bond donors (Lipinski definition) is 0. The molecule has 0 saturated carbocycles. The van der Waals surface area contributed by atoms with Crippen LogP contribution in [0.2, 0.25) is 0 Å². The van der Waals surface area contributed by atoms with E-state index in [0.29, 0.717) is 6.54 Å². The average Bonchev–Trinajstić information content (AvgIpc) is 2.28. The second kappa shape index (κ2) is 5.57. The predicted octanol–water partition coefficient (Wildman–Crippen LogP) is 1.53. The molecule has 0 aliphatic carbocycles. The first kappa shape index (κ1) is 15.4. The number of methoxy groups -OCH3 is 1. The van der Waals surface area contributed by atoms with Crippen LogP contribution in [0.4, 0.5) is 0 Å². The van der Waals surface area contributed by atoms with E-state index in [2.05, 4.69) is 4.74 Å². The maximum absolute atomic E-state index is 12.5. The third kappa shape index (κ3) is 3.23. The summed E-state index contributed by atoms with van der Waals surface area (Å²) in [4.78, 5) is 11.4. The molecule has 5 nitrogen and oxygen atoms in total. The highest BCUT2D eigenvalue weighted by Gasteiger charge is 2.40. The fraction of sp³-hybridized carbons (Fsp3) is 0.917. The number of carbonyl (C=O) groups is 1. The van der Waals surface area contributed by atoms with Gasteiger partial charge in [0.2, 0.25) is 10.0 Å². The molecule has 6 heteroatoms. The van der Waals surface area contributed by atoms with Crippen molar-refractivity contribution in [2.45, 2.75) is 57.2 Å². The van der Waals surface area contributed by atoms with Gasteiger partial charge in [-0.05, 0) is 33.6 Å². The van der Waals surface area contributed by atoms with Gasteiger partial charge in [0.05, 0.1) is 18.3 Å². The Kier molecular flexibility index (Phi) is 4.78. The lowest BCUT2D eigenvalue weighted by Crippen LogP contribution is -2.50. The number of sulfonamides is 1. The molecular weight excluding hydrogens is 254 g/mol. The third-order valence-electron chi connectivity index (χ3n) is 3.29. The largest absolute Gasteiger partial charge is 0.469 e. The molecule has 0 aromatic carbocycles. The molecule has 0 amide bonds. The summed E-state index contributed by atoms with van der Waals surface area (Å²) >= 11 is 0. The molecule has 106 valence electrons. The first-order valence-electron chi connectivity index (χ1n) is 6.28. The molecule has 1 saturated heterocycles. The number of hydrogen-bond acceptors (Lipinski definition) is 4. The Balaban J connectivity index is 2.93. The van der Waals surface area contributed by atoms with Crippen LogP contribution in [-0.4, -0.2) is 43.1 Å². The van der Waals surface area contributed by atoms with Gasteiger partial charge >= 0.3 is 5.97 Å². The van der Waals surface area contributed by atoms with Crippen molar-refractivity contribution in [3.63, 3.8) is 0 Å². The molecule has 0 aromatic heterocycles. The van der Waals surface area contributed by atoms with Gasteiger partial charge in [-0.15, -0.1) is 0 Å². The Morgan fingerprint density at radius 3 is 2.44 bits per heavy atom. The zero-order valence-electron chi connectivity index (χ0n) is 11.6. The molecule has 1 fully saturated rings. The van der Waals surface area contributed by atoms with Crippen molar-refractivity contribution in [1.82, 2.24) is 4.31 Å². The van der Waals surface area contributed by atoms with Crippen LogP contribution >= 0.6 is 0 Å². The molecule has 18 heavy (non-hydrogen) atoms. The van der Waals surface area contributed by atoms with E-state index < -0.39 is 14.8 Å². The van der Waals surface area contributed by atoms with Crippen LogP contribution in [0.3, 0.4) is 0 Å². The van der Waals surface area contributed by atoms with Gasteiger partial charge in [0.15, 0.2) is 0 Å². The molecule has 1 rings (SSSR count). The van der Waals surface area contributed by atoms with Crippen molar-refractivity contribution in [3.8, 4) is 0 Å². The van der Waals surface area contributed by atoms with Gasteiger partial charge in [0.25, 0.3) is 0 Å². The Morgan fingerprint density at radius 2 is 1.94 bits per heavy atom. The molecule has 1 unspecified atom stereocenters. The molecule has 0 radical (unpaired) electrons. The normalized spacial score (nSPS) is 22.8. The van der Waals surface area contributed by atoms with E-state index in [1.807, 2.05) is 0 Å². The minimum absolute atomic E-state index is 0.145. The van der Waals surface area contributed by atoms with Crippen molar-refractivity contribution < 1.29 is 17.9 Å². The SMILES string of the molecule is COC(=O)CC1CCCCN1S(=O)(=O)C(C)(C)C. The molecule has 1 aliphatic rings. The molecule has 1 heterocycles. The van der Waals surface area contributed by atoms with Crippen molar-refractivity contribution in [1.29, 1.82) is 0 Å². The lowest BCUT2D eigenvalue weighted by atomic mass is 10.0. The molecule has 0 bridgehead atoms. The van der Waals surface area contributed by atoms with Gasteiger partial charge in [-0.25, -0.2) is 8.42 Å². The Labute approximate surface area is 110 Å². The first-order chi connectivity index (χ1) is 8.20. The van der Waals surface area contributed by atoms with E-state index in [4.69, 9.17) is 0 Å². The summed E-state index contributed by atoms with van der Waals surface area (Å²) in [5.74, 6) is -0.351. The summed E-state index contributed by atoms with van der Waals surface area (Å²) in [6.07, 6.45) is 2.68. The van der Waals surface area contributed by atoms with Gasteiger partial charge < -0.3 is 4.74 Å². The average molecular weight is 277 g/mol. The first-order valence-corrected chi connectivity index (χ1v) is 7.72. The maximum Gasteiger partial charge on any atom is 0.307 e. The molecule has 1 atom stereocenters. The van der Waals surface area contributed by atoms with Gasteiger partial charge in [0.1, 0.15) is 0 Å². The van der Waals surface area contributed by atoms with Gasteiger partial charge in [-0.3, -0.25) is 4.79 Å². The summed E-state index contributed by atoms with van der Waals surface area (Å²) < 4.78 is 30.2. The third-order valence-corrected chi connectivity index (χ3v) is 5.93. The fourth-order valence-corrected chi connectivity index (χ4v) is 3.77. The Morgan fingerprint density at radius 1 is 1.33 bits per heavy atom. The second-order valence-corrected chi connectivity index (χ2v) is 8.30. The van der Waals surface area contributed by atoms with Gasteiger partial charge in [-0.2, -0.15) is 4.31 Å². The summed E-state index contributed by atoms with van der Waals surface area (Å²) in [5, 5.41) is 0. The maximum atomic E-state index is 12.5. The molecule has 0 spiro atoms. The predicted molar refractivity (Wildman–Crippen MR) is 69.7 cm³/mol. The summed E-state index contributed by atoms with van der Waals surface area (Å²) in [7, 11) is -2.05. The monoisotopic (exact) mass is 277 g/mol. The number of esters is 1. The zero-order chi connectivity index (χ0) is 14.0. The highest BCUT2D eigenvalue weighted by Crippen LogP contribution is 2.29. The smallest absolute Gasteiger partial charge is 0.307 e. The fourth-order valence-electron chi connectivity index (χ4n) is 2.12. The van der Waals surface area contributed by atoms with E-state index in [1.54, 1.807) is 20.8 Å². The minimum Gasteiger partial charge on any atom is -0.469 e. The van der Waals surface area contributed by atoms with Crippen molar-refractivity contribution in [2.24, 2.45) is 0 Å². The highest BCUT2D eigenvalue weighted by atomic mass is 32.2. The molecule has 0 N–H and O–H groups in total. The van der Waals surface area contributed by atoms with E-state index >= 15 is 0 Å². The lowest BCUT2D eigenvalue weighted by molar-refractivity contribution is -0.141.